The van der Waals surface area contributed by atoms with Gasteiger partial charge in [0.1, 0.15) is 0 Å². The summed E-state index contributed by atoms with van der Waals surface area (Å²) < 4.78 is 22.0. The van der Waals surface area contributed by atoms with Crippen molar-refractivity contribution in [3.8, 4) is 0 Å². The first-order valence-electron chi connectivity index (χ1n) is 8.27. The fourth-order valence-corrected chi connectivity index (χ4v) is 3.70. The molecule has 0 radical (unpaired) electrons. The van der Waals surface area contributed by atoms with Crippen LogP contribution in [0.15, 0.2) is 24.3 Å². The largest absolute Gasteiger partial charge is 0.351 e. The molecule has 1 saturated heterocycles. The molecule has 1 aromatic carbocycles. The van der Waals surface area contributed by atoms with Gasteiger partial charge >= 0.3 is 0 Å². The maximum Gasteiger partial charge on any atom is 0.222 e. The summed E-state index contributed by atoms with van der Waals surface area (Å²) in [7, 11) is -3.56. The highest BCUT2D eigenvalue weighted by molar-refractivity contribution is 7.89. The third-order valence-corrected chi connectivity index (χ3v) is 5.24. The minimum absolute atomic E-state index is 0.0201. The SMILES string of the molecule is CC(=O)N[C@@H]1CN(C(=O)CCCS(N)(=O)=O)C[C@H]1c1ccc(C)cc1. The minimum atomic E-state index is -3.56. The Kier molecular flexibility index (Phi) is 6.18. The standard InChI is InChI=1S/C17H25N3O4S/c1-12-5-7-14(8-6-12)15-10-20(11-16(15)19-13(2)21)17(22)4-3-9-25(18,23)24/h5-8,15-16H,3-4,9-11H2,1-2H3,(H,19,21)(H2,18,23,24)/t15-,16+/m0/s1. The van der Waals surface area contributed by atoms with Crippen LogP contribution in [0.4, 0.5) is 0 Å². The first-order chi connectivity index (χ1) is 11.7. The lowest BCUT2D eigenvalue weighted by atomic mass is 9.93. The quantitative estimate of drug-likeness (QED) is 0.762. The van der Waals surface area contributed by atoms with Gasteiger partial charge in [-0.25, -0.2) is 13.6 Å². The van der Waals surface area contributed by atoms with Gasteiger partial charge in [-0.1, -0.05) is 29.8 Å². The van der Waals surface area contributed by atoms with Gasteiger partial charge in [0.2, 0.25) is 21.8 Å². The highest BCUT2D eigenvalue weighted by Crippen LogP contribution is 2.28. The second-order valence-electron chi connectivity index (χ2n) is 6.59. The zero-order chi connectivity index (χ0) is 18.6. The van der Waals surface area contributed by atoms with Crippen molar-refractivity contribution in [2.45, 2.75) is 38.6 Å². The normalized spacial score (nSPS) is 20.5. The van der Waals surface area contributed by atoms with Gasteiger partial charge < -0.3 is 10.2 Å². The molecular formula is C17H25N3O4S. The van der Waals surface area contributed by atoms with Crippen LogP contribution in [0.2, 0.25) is 0 Å². The van der Waals surface area contributed by atoms with Crippen LogP contribution in [0.25, 0.3) is 0 Å². The summed E-state index contributed by atoms with van der Waals surface area (Å²) in [5.41, 5.74) is 2.22. The predicted octanol–water partition coefficient (Wildman–Crippen LogP) is 0.494. The van der Waals surface area contributed by atoms with Gasteiger partial charge in [-0.3, -0.25) is 9.59 Å². The first-order valence-corrected chi connectivity index (χ1v) is 9.99. The van der Waals surface area contributed by atoms with Crippen LogP contribution < -0.4 is 10.5 Å². The van der Waals surface area contributed by atoms with Gasteiger partial charge in [-0.2, -0.15) is 0 Å². The van der Waals surface area contributed by atoms with Crippen LogP contribution >= 0.6 is 0 Å². The summed E-state index contributed by atoms with van der Waals surface area (Å²) >= 11 is 0. The van der Waals surface area contributed by atoms with Gasteiger partial charge in [0.05, 0.1) is 11.8 Å². The van der Waals surface area contributed by atoms with Gasteiger partial charge in [0, 0.05) is 32.4 Å². The third kappa shape index (κ3) is 5.82. The molecule has 1 heterocycles. The number of sulfonamides is 1. The minimum Gasteiger partial charge on any atom is -0.351 e. The second-order valence-corrected chi connectivity index (χ2v) is 8.33. The topological polar surface area (TPSA) is 110 Å². The number of likely N-dealkylation sites (tertiary alicyclic amines) is 1. The first kappa shape index (κ1) is 19.4. The number of nitrogens with zero attached hydrogens (tertiary/aromatic N) is 1. The zero-order valence-electron chi connectivity index (χ0n) is 14.6. The van der Waals surface area contributed by atoms with Crippen molar-refractivity contribution in [3.63, 3.8) is 0 Å². The number of carbonyl (C=O) groups excluding carboxylic acids is 2. The molecule has 3 N–H and O–H groups in total. The number of rotatable bonds is 6. The third-order valence-electron chi connectivity index (χ3n) is 4.39. The van der Waals surface area contributed by atoms with E-state index in [0.29, 0.717) is 13.1 Å². The molecule has 1 aromatic rings. The summed E-state index contributed by atoms with van der Waals surface area (Å²) in [4.78, 5) is 25.6. The molecule has 0 saturated carbocycles. The second kappa shape index (κ2) is 7.97. The van der Waals surface area contributed by atoms with Crippen molar-refractivity contribution in [2.24, 2.45) is 5.14 Å². The highest BCUT2D eigenvalue weighted by atomic mass is 32.2. The number of benzene rings is 1. The van der Waals surface area contributed by atoms with Crippen LogP contribution in [0.5, 0.6) is 0 Å². The van der Waals surface area contributed by atoms with E-state index in [1.165, 1.54) is 6.92 Å². The van der Waals surface area contributed by atoms with Crippen molar-refractivity contribution >= 4 is 21.8 Å². The van der Waals surface area contributed by atoms with Gasteiger partial charge in [0.25, 0.3) is 0 Å². The fourth-order valence-electron chi connectivity index (χ4n) is 3.15. The summed E-state index contributed by atoms with van der Waals surface area (Å²) in [6.45, 7) is 4.39. The van der Waals surface area contributed by atoms with E-state index in [1.54, 1.807) is 4.90 Å². The smallest absolute Gasteiger partial charge is 0.222 e. The van der Waals surface area contributed by atoms with E-state index >= 15 is 0 Å². The zero-order valence-corrected chi connectivity index (χ0v) is 15.4. The van der Waals surface area contributed by atoms with Crippen molar-refractivity contribution in [1.82, 2.24) is 10.2 Å². The van der Waals surface area contributed by atoms with E-state index < -0.39 is 10.0 Å². The van der Waals surface area contributed by atoms with E-state index in [2.05, 4.69) is 5.32 Å². The molecule has 8 heteroatoms. The van der Waals surface area contributed by atoms with Crippen molar-refractivity contribution in [1.29, 1.82) is 0 Å². The van der Waals surface area contributed by atoms with E-state index in [-0.39, 0.29) is 42.4 Å². The Labute approximate surface area is 148 Å². The van der Waals surface area contributed by atoms with Gasteiger partial charge in [-0.05, 0) is 18.9 Å². The molecular weight excluding hydrogens is 342 g/mol. The molecule has 1 aliphatic rings. The average Bonchev–Trinajstić information content (AvgIpc) is 2.90. The van der Waals surface area contributed by atoms with Crippen molar-refractivity contribution < 1.29 is 18.0 Å². The summed E-state index contributed by atoms with van der Waals surface area (Å²) in [5.74, 6) is -0.436. The Morgan fingerprint density at radius 3 is 2.44 bits per heavy atom. The van der Waals surface area contributed by atoms with E-state index in [9.17, 15) is 18.0 Å². The molecule has 1 fully saturated rings. The monoisotopic (exact) mass is 367 g/mol. The number of nitrogens with one attached hydrogen (secondary N) is 1. The molecule has 1 aliphatic heterocycles. The van der Waals surface area contributed by atoms with E-state index in [4.69, 9.17) is 5.14 Å². The number of aryl methyl sites for hydroxylation is 1. The summed E-state index contributed by atoms with van der Waals surface area (Å²) in [5, 5.41) is 7.88. The Bertz CT molecular complexity index is 731. The molecule has 0 aliphatic carbocycles. The molecule has 0 unspecified atom stereocenters. The number of hydrogen-bond acceptors (Lipinski definition) is 4. The lowest BCUT2D eigenvalue weighted by Gasteiger charge is -2.19. The van der Waals surface area contributed by atoms with Crippen LogP contribution in [0, 0.1) is 6.92 Å². The summed E-state index contributed by atoms with van der Waals surface area (Å²) in [6, 6.07) is 7.91. The Balaban J connectivity index is 2.05. The van der Waals surface area contributed by atoms with Gasteiger partial charge in [0.15, 0.2) is 0 Å². The molecule has 2 atom stereocenters. The summed E-state index contributed by atoms with van der Waals surface area (Å²) in [6.07, 6.45) is 0.331. The molecule has 25 heavy (non-hydrogen) atoms. The predicted molar refractivity (Wildman–Crippen MR) is 95.3 cm³/mol. The van der Waals surface area contributed by atoms with Crippen molar-refractivity contribution in [3.05, 3.63) is 35.4 Å². The number of primary sulfonamides is 1. The maximum atomic E-state index is 12.4. The average molecular weight is 367 g/mol. The highest BCUT2D eigenvalue weighted by Gasteiger charge is 2.36. The molecule has 0 bridgehead atoms. The molecule has 0 spiro atoms. The molecule has 2 rings (SSSR count). The number of nitrogens with two attached hydrogens (primary N) is 1. The fraction of sp³-hybridized carbons (Fsp3) is 0.529. The van der Waals surface area contributed by atoms with Crippen molar-refractivity contribution in [2.75, 3.05) is 18.8 Å². The van der Waals surface area contributed by atoms with Crippen LogP contribution in [0.3, 0.4) is 0 Å². The molecule has 2 amide bonds. The van der Waals surface area contributed by atoms with Crippen LogP contribution in [-0.2, 0) is 19.6 Å². The van der Waals surface area contributed by atoms with E-state index in [1.807, 2.05) is 31.2 Å². The van der Waals surface area contributed by atoms with Crippen LogP contribution in [-0.4, -0.2) is 50.0 Å². The molecule has 0 aromatic heterocycles. The lowest BCUT2D eigenvalue weighted by molar-refractivity contribution is -0.130. The van der Waals surface area contributed by atoms with Gasteiger partial charge in [-0.15, -0.1) is 0 Å². The Morgan fingerprint density at radius 1 is 1.24 bits per heavy atom. The molecule has 7 nitrogen and oxygen atoms in total. The Hall–Kier alpha value is -1.93. The number of hydrogen-bond donors (Lipinski definition) is 2. The number of carbonyl (C=O) groups is 2. The maximum absolute atomic E-state index is 12.4. The number of amides is 2. The molecule has 138 valence electrons. The van der Waals surface area contributed by atoms with E-state index in [0.717, 1.165) is 11.1 Å². The Morgan fingerprint density at radius 2 is 1.88 bits per heavy atom. The lowest BCUT2D eigenvalue weighted by Crippen LogP contribution is -2.39. The van der Waals surface area contributed by atoms with Crippen LogP contribution in [0.1, 0.15) is 36.8 Å².